The number of carbonyl (C=O) groups excluding carboxylic acids is 2. The molecule has 70 heavy (non-hydrogen) atoms. The number of unbranched alkanes of at least 4 members (excludes halogenated alkanes) is 31. The number of nitrogens with zero attached hydrogens (tertiary/aromatic N) is 1. The molecule has 0 saturated carbocycles. The lowest BCUT2D eigenvalue weighted by Crippen LogP contribution is -2.47. The third-order valence-corrected chi connectivity index (χ3v) is 14.0. The number of ether oxygens (including phenoxy) is 1. The van der Waals surface area contributed by atoms with Gasteiger partial charge in [0.1, 0.15) is 19.3 Å². The number of phosphoric acid groups is 1. The first-order valence-electron chi connectivity index (χ1n) is 29.5. The molecule has 3 unspecified atom stereocenters. The Bertz CT molecular complexity index is 1340. The highest BCUT2D eigenvalue weighted by Gasteiger charge is 2.30. The topological polar surface area (TPSA) is 111 Å². The van der Waals surface area contributed by atoms with E-state index < -0.39 is 20.0 Å². The van der Waals surface area contributed by atoms with Gasteiger partial charge in [0.15, 0.2) is 0 Å². The van der Waals surface area contributed by atoms with Crippen LogP contribution in [-0.4, -0.2) is 74.3 Å². The van der Waals surface area contributed by atoms with Gasteiger partial charge in [0.2, 0.25) is 5.91 Å². The molecular formula is C60H114N2O7P+. The molecule has 0 aromatic carbocycles. The van der Waals surface area contributed by atoms with Crippen molar-refractivity contribution >= 4 is 19.7 Å². The van der Waals surface area contributed by atoms with E-state index in [0.717, 1.165) is 89.9 Å². The first-order chi connectivity index (χ1) is 33.9. The van der Waals surface area contributed by atoms with Crippen LogP contribution < -0.4 is 5.32 Å². The van der Waals surface area contributed by atoms with E-state index in [-0.39, 0.29) is 31.5 Å². The molecule has 0 aromatic heterocycles. The Morgan fingerprint density at radius 3 is 1.37 bits per heavy atom. The average molecular weight is 1010 g/mol. The van der Waals surface area contributed by atoms with E-state index in [0.29, 0.717) is 17.4 Å². The summed E-state index contributed by atoms with van der Waals surface area (Å²) in [4.78, 5) is 37.5. The Kier molecular flexibility index (Phi) is 49.0. The van der Waals surface area contributed by atoms with E-state index in [1.165, 1.54) is 148 Å². The van der Waals surface area contributed by atoms with Gasteiger partial charge < -0.3 is 19.4 Å². The van der Waals surface area contributed by atoms with Crippen molar-refractivity contribution in [1.29, 1.82) is 0 Å². The average Bonchev–Trinajstić information content (AvgIpc) is 3.32. The number of likely N-dealkylation sites (N-methyl/N-ethyl adjacent to an activating group) is 1. The van der Waals surface area contributed by atoms with Crippen molar-refractivity contribution in [1.82, 2.24) is 5.32 Å². The van der Waals surface area contributed by atoms with E-state index in [2.05, 4.69) is 62.5 Å². The molecule has 2 N–H and O–H groups in total. The van der Waals surface area contributed by atoms with Crippen LogP contribution in [0.5, 0.6) is 0 Å². The van der Waals surface area contributed by atoms with Crippen LogP contribution >= 0.6 is 7.82 Å². The van der Waals surface area contributed by atoms with Gasteiger partial charge in [-0.25, -0.2) is 4.57 Å². The summed E-state index contributed by atoms with van der Waals surface area (Å²) in [5.74, 6) is -0.514. The van der Waals surface area contributed by atoms with Gasteiger partial charge in [-0.3, -0.25) is 18.6 Å². The predicted molar refractivity (Wildman–Crippen MR) is 300 cm³/mol. The summed E-state index contributed by atoms with van der Waals surface area (Å²) in [6.45, 7) is 6.95. The first kappa shape index (κ1) is 68.0. The SMILES string of the molecule is CCCC/C=C\CCCCCCCC(=O)NC(COP(=O)(O)OCC[N+](C)(C)C)C(/C=C\CCCCCCCCCCCC)OC(=O)CCCCCCCCCCCCC/C=C\C/C=C\CCCCC. The molecule has 10 heteroatoms. The number of esters is 1. The van der Waals surface area contributed by atoms with Crippen LogP contribution in [-0.2, 0) is 27.9 Å². The van der Waals surface area contributed by atoms with Crippen molar-refractivity contribution in [3.8, 4) is 0 Å². The van der Waals surface area contributed by atoms with Crippen LogP contribution in [0.2, 0.25) is 0 Å². The van der Waals surface area contributed by atoms with Gasteiger partial charge in [-0.15, -0.1) is 0 Å². The van der Waals surface area contributed by atoms with Crippen molar-refractivity contribution in [2.45, 2.75) is 283 Å². The molecular weight excluding hydrogens is 892 g/mol. The summed E-state index contributed by atoms with van der Waals surface area (Å²) in [5, 5.41) is 3.04. The highest BCUT2D eigenvalue weighted by Crippen LogP contribution is 2.43. The van der Waals surface area contributed by atoms with E-state index in [9.17, 15) is 19.0 Å². The number of rotatable bonds is 53. The third-order valence-electron chi connectivity index (χ3n) is 13.0. The fourth-order valence-corrected chi connectivity index (χ4v) is 9.10. The van der Waals surface area contributed by atoms with E-state index in [1.54, 1.807) is 0 Å². The van der Waals surface area contributed by atoms with Gasteiger partial charge in [-0.1, -0.05) is 224 Å². The molecule has 0 saturated heterocycles. The minimum atomic E-state index is -4.44. The fraction of sp³-hybridized carbons (Fsp3) is 0.833. The minimum absolute atomic E-state index is 0.0386. The molecule has 1 amide bonds. The van der Waals surface area contributed by atoms with Gasteiger partial charge in [-0.05, 0) is 83.1 Å². The van der Waals surface area contributed by atoms with Crippen molar-refractivity contribution < 1.29 is 37.3 Å². The van der Waals surface area contributed by atoms with E-state index in [4.69, 9.17) is 13.8 Å². The summed E-state index contributed by atoms with van der Waals surface area (Å²) in [5.41, 5.74) is 0. The van der Waals surface area contributed by atoms with Crippen LogP contribution in [0.15, 0.2) is 48.6 Å². The smallest absolute Gasteiger partial charge is 0.456 e. The summed E-state index contributed by atoms with van der Waals surface area (Å²) in [7, 11) is 1.49. The van der Waals surface area contributed by atoms with Crippen LogP contribution in [0.25, 0.3) is 0 Å². The summed E-state index contributed by atoms with van der Waals surface area (Å²) >= 11 is 0. The quantitative estimate of drug-likeness (QED) is 0.0205. The Morgan fingerprint density at radius 2 is 0.886 bits per heavy atom. The van der Waals surface area contributed by atoms with Gasteiger partial charge >= 0.3 is 13.8 Å². The lowest BCUT2D eigenvalue weighted by atomic mass is 10.0. The molecule has 3 atom stereocenters. The number of quaternary nitrogens is 1. The maximum Gasteiger partial charge on any atom is 0.472 e. The summed E-state index contributed by atoms with van der Waals surface area (Å²) in [6.07, 6.45) is 61.1. The third kappa shape index (κ3) is 50.9. The van der Waals surface area contributed by atoms with Crippen LogP contribution in [0, 0.1) is 0 Å². The van der Waals surface area contributed by atoms with Crippen molar-refractivity contribution in [2.24, 2.45) is 0 Å². The maximum absolute atomic E-state index is 13.5. The van der Waals surface area contributed by atoms with Gasteiger partial charge in [0.05, 0.1) is 33.8 Å². The monoisotopic (exact) mass is 1010 g/mol. The minimum Gasteiger partial charge on any atom is -0.456 e. The first-order valence-corrected chi connectivity index (χ1v) is 31.0. The number of nitrogens with one attached hydrogen (secondary N) is 1. The summed E-state index contributed by atoms with van der Waals surface area (Å²) < 4.78 is 30.6. The molecule has 0 aliphatic rings. The second-order valence-electron chi connectivity index (χ2n) is 21.2. The highest BCUT2D eigenvalue weighted by atomic mass is 31.2. The lowest BCUT2D eigenvalue weighted by molar-refractivity contribution is -0.870. The van der Waals surface area contributed by atoms with Crippen LogP contribution in [0.1, 0.15) is 271 Å². The molecule has 0 fully saturated rings. The van der Waals surface area contributed by atoms with Gasteiger partial charge in [0, 0.05) is 12.8 Å². The Hall–Kier alpha value is -2.03. The summed E-state index contributed by atoms with van der Waals surface area (Å²) in [6, 6.07) is -0.850. The molecule has 0 aliphatic carbocycles. The standard InChI is InChI=1S/C60H113N2O7P/c1-7-10-13-16-19-22-25-27-28-29-30-31-32-33-34-35-38-41-44-47-50-53-60(64)69-58(51-48-45-42-39-37-26-23-20-17-14-11-8-2)57(56-68-70(65,66)67-55-54-62(4,5)6)61-59(63)52-49-46-43-40-36-24-21-18-15-12-9-3/h18-19,21-22,27-28,48,51,57-58H,7-17,20,23-26,29-47,49-50,52-56H2,1-6H3,(H-,61,63,65,66)/p+1/b21-18-,22-19-,28-27-,51-48-. The number of allylic oxidation sites excluding steroid dienone is 7. The van der Waals surface area contributed by atoms with E-state index >= 15 is 0 Å². The number of phosphoric ester groups is 1. The molecule has 0 rings (SSSR count). The Morgan fingerprint density at radius 1 is 0.500 bits per heavy atom. The van der Waals surface area contributed by atoms with Crippen LogP contribution in [0.4, 0.5) is 0 Å². The van der Waals surface area contributed by atoms with Crippen molar-refractivity contribution in [2.75, 3.05) is 40.9 Å². The molecule has 0 spiro atoms. The molecule has 0 aromatic rings. The predicted octanol–water partition coefficient (Wildman–Crippen LogP) is 17.7. The highest BCUT2D eigenvalue weighted by molar-refractivity contribution is 7.47. The second-order valence-corrected chi connectivity index (χ2v) is 22.6. The molecule has 410 valence electrons. The molecule has 9 nitrogen and oxygen atoms in total. The second kappa shape index (κ2) is 50.5. The van der Waals surface area contributed by atoms with Crippen LogP contribution in [0.3, 0.4) is 0 Å². The normalized spacial score (nSPS) is 14.1. The zero-order valence-corrected chi connectivity index (χ0v) is 47.7. The lowest BCUT2D eigenvalue weighted by Gasteiger charge is -2.27. The molecule has 0 heterocycles. The maximum atomic E-state index is 13.5. The Labute approximate surface area is 433 Å². The Balaban J connectivity index is 5.21. The number of hydrogen-bond donors (Lipinski definition) is 2. The largest absolute Gasteiger partial charge is 0.472 e. The van der Waals surface area contributed by atoms with Crippen molar-refractivity contribution in [3.05, 3.63) is 48.6 Å². The zero-order valence-electron chi connectivity index (χ0n) is 46.8. The zero-order chi connectivity index (χ0) is 51.5. The van der Waals surface area contributed by atoms with Crippen molar-refractivity contribution in [3.63, 3.8) is 0 Å². The number of amides is 1. The number of carbonyl (C=O) groups is 2. The van der Waals surface area contributed by atoms with Gasteiger partial charge in [-0.2, -0.15) is 0 Å². The number of hydrogen-bond acceptors (Lipinski definition) is 6. The van der Waals surface area contributed by atoms with Gasteiger partial charge in [0.25, 0.3) is 0 Å². The van der Waals surface area contributed by atoms with E-state index in [1.807, 2.05) is 33.3 Å². The molecule has 0 radical (unpaired) electrons. The molecule has 0 aliphatic heterocycles. The fourth-order valence-electron chi connectivity index (χ4n) is 8.36. The molecule has 0 bridgehead atoms.